The second kappa shape index (κ2) is 8.83. The smallest absolute Gasteiger partial charge is 0.254 e. The Bertz CT molecular complexity index is 1230. The summed E-state index contributed by atoms with van der Waals surface area (Å²) in [4.78, 5) is 19.8. The maximum Gasteiger partial charge on any atom is 0.254 e. The van der Waals surface area contributed by atoms with Gasteiger partial charge in [0.1, 0.15) is 10.8 Å². The van der Waals surface area contributed by atoms with E-state index in [0.717, 1.165) is 50.2 Å². The molecule has 3 aromatic rings. The van der Waals surface area contributed by atoms with E-state index in [-0.39, 0.29) is 11.3 Å². The predicted molar refractivity (Wildman–Crippen MR) is 131 cm³/mol. The van der Waals surface area contributed by atoms with Crippen LogP contribution in [0.2, 0.25) is 5.02 Å². The molecule has 2 saturated heterocycles. The Kier molecular flexibility index (Phi) is 5.67. The number of nitrogens with zero attached hydrogens (tertiary/aromatic N) is 4. The van der Waals surface area contributed by atoms with Gasteiger partial charge in [-0.15, -0.1) is 0 Å². The summed E-state index contributed by atoms with van der Waals surface area (Å²) in [7, 11) is 0. The number of piperidine rings is 1. The third-order valence-corrected chi connectivity index (χ3v) is 7.82. The van der Waals surface area contributed by atoms with Crippen LogP contribution < -0.4 is 10.6 Å². The highest BCUT2D eigenvalue weighted by molar-refractivity contribution is 6.33. The fraction of sp³-hybridized carbons (Fsp3) is 0.480. The van der Waals surface area contributed by atoms with Crippen LogP contribution in [0.1, 0.15) is 46.4 Å². The van der Waals surface area contributed by atoms with Crippen molar-refractivity contribution in [3.63, 3.8) is 0 Å². The molecule has 8 nitrogen and oxygen atoms in total. The van der Waals surface area contributed by atoms with Crippen LogP contribution >= 0.6 is 11.6 Å². The highest BCUT2D eigenvalue weighted by atomic mass is 35.5. The Hall–Kier alpha value is -2.68. The maximum atomic E-state index is 12.9. The number of benzene rings is 1. The highest BCUT2D eigenvalue weighted by Gasteiger charge is 2.43. The van der Waals surface area contributed by atoms with E-state index in [4.69, 9.17) is 21.3 Å². The van der Waals surface area contributed by atoms with Crippen LogP contribution in [0.4, 0.5) is 5.82 Å². The van der Waals surface area contributed by atoms with Gasteiger partial charge in [-0.2, -0.15) is 9.61 Å². The summed E-state index contributed by atoms with van der Waals surface area (Å²) in [6.07, 6.45) is 5.95. The lowest BCUT2D eigenvalue weighted by atomic mass is 9.77. The minimum atomic E-state index is 0.0593. The summed E-state index contributed by atoms with van der Waals surface area (Å²) in [6, 6.07) is 7.86. The second-order valence-corrected chi connectivity index (χ2v) is 9.91. The first-order chi connectivity index (χ1) is 16.6. The van der Waals surface area contributed by atoms with Crippen LogP contribution in [0.3, 0.4) is 0 Å². The number of hydrogen-bond acceptors (Lipinski definition) is 6. The lowest BCUT2D eigenvalue weighted by molar-refractivity contribution is 0.0303. The van der Waals surface area contributed by atoms with E-state index in [1.54, 1.807) is 6.20 Å². The minimum Gasteiger partial charge on any atom is -0.378 e. The largest absolute Gasteiger partial charge is 0.378 e. The minimum absolute atomic E-state index is 0.0593. The molecule has 0 saturated carbocycles. The van der Waals surface area contributed by atoms with Crippen molar-refractivity contribution in [2.45, 2.75) is 37.6 Å². The van der Waals surface area contributed by atoms with Gasteiger partial charge in [-0.05, 0) is 56.5 Å². The van der Waals surface area contributed by atoms with E-state index in [9.17, 15) is 4.79 Å². The number of ether oxygens (including phenoxy) is 1. The molecule has 4 heterocycles. The van der Waals surface area contributed by atoms with Gasteiger partial charge in [0.05, 0.1) is 25.1 Å². The van der Waals surface area contributed by atoms with Gasteiger partial charge in [0.2, 0.25) is 0 Å². The number of morpholine rings is 1. The molecule has 2 fully saturated rings. The van der Waals surface area contributed by atoms with Crippen molar-refractivity contribution in [3.05, 3.63) is 57.9 Å². The van der Waals surface area contributed by atoms with Crippen molar-refractivity contribution in [2.75, 3.05) is 44.7 Å². The van der Waals surface area contributed by atoms with Crippen molar-refractivity contribution in [3.8, 4) is 0 Å². The van der Waals surface area contributed by atoms with E-state index in [0.29, 0.717) is 49.1 Å². The Morgan fingerprint density at radius 2 is 2.03 bits per heavy atom. The Morgan fingerprint density at radius 3 is 2.85 bits per heavy atom. The van der Waals surface area contributed by atoms with Crippen LogP contribution in [0.25, 0.3) is 5.65 Å². The standard InChI is InChI=1S/C25H29ClN6O2/c26-20-16-29-32-22(19-4-5-25(6-8-27-9-7-25)21(19)30-23(20)32)28-15-17-2-1-3-18(14-17)24(33)31-10-12-34-13-11-31/h1-3,14,16,27-28H,4-13,15H2. The second-order valence-electron chi connectivity index (χ2n) is 9.50. The predicted octanol–water partition coefficient (Wildman–Crippen LogP) is 3.03. The number of carbonyl (C=O) groups excluding carboxylic acids is 1. The summed E-state index contributed by atoms with van der Waals surface area (Å²) in [5.74, 6) is 1.02. The third-order valence-electron chi connectivity index (χ3n) is 7.55. The molecule has 0 radical (unpaired) electrons. The van der Waals surface area contributed by atoms with Gasteiger partial charge in [0.25, 0.3) is 5.91 Å². The van der Waals surface area contributed by atoms with Crippen LogP contribution in [0.15, 0.2) is 30.5 Å². The molecule has 0 unspecified atom stereocenters. The molecule has 0 bridgehead atoms. The van der Waals surface area contributed by atoms with Crippen molar-refractivity contribution in [1.29, 1.82) is 0 Å². The fourth-order valence-corrected chi connectivity index (χ4v) is 5.85. The number of rotatable bonds is 4. The number of carbonyl (C=O) groups is 1. The number of nitrogens with one attached hydrogen (secondary N) is 2. The Balaban J connectivity index is 1.30. The average molecular weight is 481 g/mol. The van der Waals surface area contributed by atoms with E-state index in [1.807, 2.05) is 33.7 Å². The summed E-state index contributed by atoms with van der Waals surface area (Å²) in [5.41, 5.74) is 5.01. The molecule has 178 valence electrons. The summed E-state index contributed by atoms with van der Waals surface area (Å²) in [5, 5.41) is 12.2. The normalized spacial score (nSPS) is 19.5. The number of amides is 1. The first-order valence-corrected chi connectivity index (χ1v) is 12.5. The van der Waals surface area contributed by atoms with Crippen molar-refractivity contribution in [2.24, 2.45) is 0 Å². The summed E-state index contributed by atoms with van der Waals surface area (Å²) in [6.45, 7) is 5.10. The molecule has 1 aliphatic carbocycles. The van der Waals surface area contributed by atoms with Crippen LogP contribution in [-0.2, 0) is 23.1 Å². The third kappa shape index (κ3) is 3.74. The monoisotopic (exact) mass is 480 g/mol. The van der Waals surface area contributed by atoms with E-state index < -0.39 is 0 Å². The summed E-state index contributed by atoms with van der Waals surface area (Å²) >= 11 is 6.48. The number of halogens is 1. The molecule has 1 spiro atoms. The Labute approximate surface area is 203 Å². The number of fused-ring (bicyclic) bond motifs is 3. The quantitative estimate of drug-likeness (QED) is 0.597. The molecule has 2 N–H and O–H groups in total. The number of aromatic nitrogens is 3. The van der Waals surface area contributed by atoms with Crippen molar-refractivity contribution in [1.82, 2.24) is 24.8 Å². The van der Waals surface area contributed by atoms with Gasteiger partial charge in [0.15, 0.2) is 5.65 Å². The molecule has 34 heavy (non-hydrogen) atoms. The zero-order valence-electron chi connectivity index (χ0n) is 19.1. The molecule has 1 aromatic carbocycles. The maximum absolute atomic E-state index is 12.9. The van der Waals surface area contributed by atoms with Gasteiger partial charge in [-0.3, -0.25) is 4.79 Å². The van der Waals surface area contributed by atoms with Crippen molar-refractivity contribution < 1.29 is 9.53 Å². The van der Waals surface area contributed by atoms with Gasteiger partial charge < -0.3 is 20.3 Å². The van der Waals surface area contributed by atoms with Crippen LogP contribution in [-0.4, -0.2) is 64.8 Å². The topological polar surface area (TPSA) is 83.8 Å². The van der Waals surface area contributed by atoms with Gasteiger partial charge in [0, 0.05) is 36.2 Å². The SMILES string of the molecule is O=C(c1cccc(CNc2c3c(nc4c(Cl)cnn24)C2(CCNCC2)CC3)c1)N1CCOCC1. The first kappa shape index (κ1) is 21.8. The van der Waals surface area contributed by atoms with E-state index in [1.165, 1.54) is 11.3 Å². The Morgan fingerprint density at radius 1 is 1.21 bits per heavy atom. The van der Waals surface area contributed by atoms with Crippen LogP contribution in [0, 0.1) is 0 Å². The van der Waals surface area contributed by atoms with Gasteiger partial charge in [-0.25, -0.2) is 4.98 Å². The number of hydrogen-bond donors (Lipinski definition) is 2. The zero-order chi connectivity index (χ0) is 23.1. The molecule has 6 rings (SSSR count). The lowest BCUT2D eigenvalue weighted by Gasteiger charge is -2.34. The molecular formula is C25H29ClN6O2. The molecule has 1 amide bonds. The molecule has 3 aliphatic rings. The lowest BCUT2D eigenvalue weighted by Crippen LogP contribution is -2.40. The van der Waals surface area contributed by atoms with Gasteiger partial charge >= 0.3 is 0 Å². The first-order valence-electron chi connectivity index (χ1n) is 12.1. The van der Waals surface area contributed by atoms with Crippen LogP contribution in [0.5, 0.6) is 0 Å². The molecule has 9 heteroatoms. The van der Waals surface area contributed by atoms with E-state index in [2.05, 4.69) is 15.7 Å². The molecular weight excluding hydrogens is 452 g/mol. The highest BCUT2D eigenvalue weighted by Crippen LogP contribution is 2.46. The van der Waals surface area contributed by atoms with E-state index >= 15 is 0 Å². The zero-order valence-corrected chi connectivity index (χ0v) is 19.9. The summed E-state index contributed by atoms with van der Waals surface area (Å²) < 4.78 is 7.22. The molecule has 0 atom stereocenters. The van der Waals surface area contributed by atoms with Gasteiger partial charge in [-0.1, -0.05) is 23.7 Å². The molecule has 2 aromatic heterocycles. The molecule has 2 aliphatic heterocycles. The van der Waals surface area contributed by atoms with Crippen molar-refractivity contribution >= 4 is 29.0 Å². The number of anilines is 1. The fourth-order valence-electron chi connectivity index (χ4n) is 5.68. The average Bonchev–Trinajstić information content (AvgIpc) is 3.43.